The summed E-state index contributed by atoms with van der Waals surface area (Å²) in [6, 6.07) is 17.0. The average Bonchev–Trinajstić information content (AvgIpc) is 2.98. The van der Waals surface area contributed by atoms with Crippen LogP contribution < -0.4 is 0 Å². The minimum Gasteiger partial charge on any atom is -0.505 e. The molecule has 1 heterocycles. The normalized spacial score (nSPS) is 11.9. The molecule has 0 spiro atoms. The topological polar surface area (TPSA) is 59.3 Å². The minimum atomic E-state index is -4.20. The molecule has 0 aliphatic heterocycles. The number of hydrogen-bond acceptors (Lipinski definition) is 3. The number of aryl methyl sites for hydroxylation is 1. The van der Waals surface area contributed by atoms with Crippen molar-refractivity contribution in [3.63, 3.8) is 0 Å². The maximum absolute atomic E-state index is 13.8. The molecule has 0 fully saturated rings. The highest BCUT2D eigenvalue weighted by Crippen LogP contribution is 2.41. The predicted molar refractivity (Wildman–Crippen MR) is 121 cm³/mol. The first-order valence-corrected chi connectivity index (χ1v) is 11.5. The van der Waals surface area contributed by atoms with Crippen LogP contribution in [0.1, 0.15) is 5.56 Å². The zero-order valence-electron chi connectivity index (χ0n) is 15.0. The van der Waals surface area contributed by atoms with Crippen LogP contribution in [0.2, 0.25) is 10.0 Å². The van der Waals surface area contributed by atoms with Gasteiger partial charge in [0.1, 0.15) is 4.90 Å². The van der Waals surface area contributed by atoms with E-state index in [0.29, 0.717) is 26.1 Å². The molecular formula is C21H14BrCl2NO3S. The lowest BCUT2D eigenvalue weighted by atomic mass is 10.1. The number of aromatic nitrogens is 1. The highest BCUT2D eigenvalue weighted by molar-refractivity contribution is 9.10. The lowest BCUT2D eigenvalue weighted by Crippen LogP contribution is -2.15. The van der Waals surface area contributed by atoms with Gasteiger partial charge in [-0.05, 0) is 48.4 Å². The maximum atomic E-state index is 13.8. The monoisotopic (exact) mass is 509 g/mol. The van der Waals surface area contributed by atoms with Crippen LogP contribution in [-0.4, -0.2) is 17.5 Å². The van der Waals surface area contributed by atoms with Crippen LogP contribution in [0.25, 0.3) is 22.2 Å². The molecule has 1 aromatic heterocycles. The molecule has 1 N–H and O–H groups in total. The Morgan fingerprint density at radius 2 is 1.69 bits per heavy atom. The molecule has 0 saturated heterocycles. The van der Waals surface area contributed by atoms with Crippen molar-refractivity contribution in [3.8, 4) is 17.0 Å². The minimum absolute atomic E-state index is 0.0598. The van der Waals surface area contributed by atoms with Gasteiger partial charge in [-0.2, -0.15) is 0 Å². The number of halogens is 3. The molecule has 29 heavy (non-hydrogen) atoms. The van der Waals surface area contributed by atoms with Crippen molar-refractivity contribution < 1.29 is 13.5 Å². The summed E-state index contributed by atoms with van der Waals surface area (Å²) in [6.45, 7) is 1.85. The molecule has 0 atom stereocenters. The molecule has 148 valence electrons. The zero-order chi connectivity index (χ0) is 20.9. The number of phenolic OH excluding ortho intramolecular Hbond substituents is 1. The Bertz CT molecular complexity index is 1370. The third-order valence-corrected chi connectivity index (χ3v) is 7.41. The largest absolute Gasteiger partial charge is 0.505 e. The van der Waals surface area contributed by atoms with Crippen molar-refractivity contribution in [3.05, 3.63) is 80.7 Å². The van der Waals surface area contributed by atoms with E-state index in [1.165, 1.54) is 16.1 Å². The van der Waals surface area contributed by atoms with E-state index in [2.05, 4.69) is 15.9 Å². The van der Waals surface area contributed by atoms with Crippen molar-refractivity contribution in [2.75, 3.05) is 0 Å². The molecular weight excluding hydrogens is 497 g/mol. The number of phenols is 1. The molecule has 0 saturated carbocycles. The van der Waals surface area contributed by atoms with E-state index < -0.39 is 15.8 Å². The SMILES string of the molecule is Cc1c(-c2ccccc2)n(S(=O)(=O)c2cc(Br)cc(Cl)c2O)c2ccc(Cl)cc12. The van der Waals surface area contributed by atoms with Gasteiger partial charge in [-0.1, -0.05) is 69.5 Å². The van der Waals surface area contributed by atoms with E-state index in [-0.39, 0.29) is 9.92 Å². The van der Waals surface area contributed by atoms with E-state index in [1.807, 2.05) is 37.3 Å². The van der Waals surface area contributed by atoms with E-state index in [0.717, 1.165) is 11.1 Å². The first kappa shape index (κ1) is 20.3. The van der Waals surface area contributed by atoms with Gasteiger partial charge in [-0.15, -0.1) is 0 Å². The Morgan fingerprint density at radius 1 is 1.00 bits per heavy atom. The number of hydrogen-bond donors (Lipinski definition) is 1. The van der Waals surface area contributed by atoms with E-state index in [4.69, 9.17) is 23.2 Å². The second-order valence-corrected chi connectivity index (χ2v) is 10.0. The molecule has 0 amide bonds. The van der Waals surface area contributed by atoms with Crippen LogP contribution in [-0.2, 0) is 10.0 Å². The van der Waals surface area contributed by atoms with E-state index in [9.17, 15) is 13.5 Å². The summed E-state index contributed by atoms with van der Waals surface area (Å²) in [5.41, 5.74) is 2.44. The average molecular weight is 511 g/mol. The fourth-order valence-corrected chi connectivity index (χ4v) is 6.32. The van der Waals surface area contributed by atoms with Crippen molar-refractivity contribution in [1.29, 1.82) is 0 Å². The number of rotatable bonds is 3. The van der Waals surface area contributed by atoms with Crippen molar-refractivity contribution in [2.24, 2.45) is 0 Å². The molecule has 4 rings (SSSR count). The van der Waals surface area contributed by atoms with Gasteiger partial charge in [-0.25, -0.2) is 12.4 Å². The fraction of sp³-hybridized carbons (Fsp3) is 0.0476. The van der Waals surface area contributed by atoms with Crippen molar-refractivity contribution in [2.45, 2.75) is 11.8 Å². The smallest absolute Gasteiger partial charge is 0.272 e. The Kier molecular flexibility index (Phi) is 5.15. The second kappa shape index (κ2) is 7.36. The highest BCUT2D eigenvalue weighted by atomic mass is 79.9. The summed E-state index contributed by atoms with van der Waals surface area (Å²) in [6.07, 6.45) is 0. The number of nitrogens with zero attached hydrogens (tertiary/aromatic N) is 1. The molecule has 0 aliphatic rings. The van der Waals surface area contributed by atoms with Gasteiger partial charge in [0.2, 0.25) is 0 Å². The number of benzene rings is 3. The van der Waals surface area contributed by atoms with Gasteiger partial charge in [0.15, 0.2) is 5.75 Å². The Hall–Kier alpha value is -1.99. The van der Waals surface area contributed by atoms with Crippen molar-refractivity contribution >= 4 is 60.1 Å². The third kappa shape index (κ3) is 3.34. The summed E-state index contributed by atoms with van der Waals surface area (Å²) < 4.78 is 29.2. The van der Waals surface area contributed by atoms with Crippen LogP contribution in [0.4, 0.5) is 0 Å². The van der Waals surface area contributed by atoms with Gasteiger partial charge in [0, 0.05) is 14.9 Å². The van der Waals surface area contributed by atoms with Crippen LogP contribution in [0.5, 0.6) is 5.75 Å². The Balaban J connectivity index is 2.16. The lowest BCUT2D eigenvalue weighted by Gasteiger charge is -2.15. The van der Waals surface area contributed by atoms with Crippen LogP contribution in [0.3, 0.4) is 0 Å². The van der Waals surface area contributed by atoms with Crippen LogP contribution in [0.15, 0.2) is 70.0 Å². The van der Waals surface area contributed by atoms with Crippen LogP contribution in [0, 0.1) is 6.92 Å². The van der Waals surface area contributed by atoms with Gasteiger partial charge in [0.25, 0.3) is 10.0 Å². The maximum Gasteiger partial charge on any atom is 0.272 e. The summed E-state index contributed by atoms with van der Waals surface area (Å²) in [5, 5.41) is 11.6. The summed E-state index contributed by atoms with van der Waals surface area (Å²) in [4.78, 5) is -0.291. The van der Waals surface area contributed by atoms with Gasteiger partial charge in [-0.3, -0.25) is 0 Å². The first-order valence-electron chi connectivity index (χ1n) is 8.51. The Morgan fingerprint density at radius 3 is 2.38 bits per heavy atom. The standard InChI is InChI=1S/C21H14BrCl2NO3S/c1-12-16-11-15(23)7-8-18(16)25(20(12)13-5-3-2-4-6-13)29(27,28)19-10-14(22)9-17(24)21(19)26/h2-11,26H,1H3. The molecule has 3 aromatic carbocycles. The number of fused-ring (bicyclic) bond motifs is 1. The first-order chi connectivity index (χ1) is 13.7. The lowest BCUT2D eigenvalue weighted by molar-refractivity contribution is 0.458. The molecule has 8 heteroatoms. The predicted octanol–water partition coefficient (Wildman–Crippen LogP) is 6.63. The Labute approximate surface area is 186 Å². The van der Waals surface area contributed by atoms with Crippen molar-refractivity contribution in [1.82, 2.24) is 3.97 Å². The summed E-state index contributed by atoms with van der Waals surface area (Å²) >= 11 is 15.5. The van der Waals surface area contributed by atoms with Gasteiger partial charge in [0.05, 0.1) is 16.2 Å². The van der Waals surface area contributed by atoms with E-state index in [1.54, 1.807) is 18.2 Å². The molecule has 4 aromatic rings. The number of aromatic hydroxyl groups is 1. The van der Waals surface area contributed by atoms with Gasteiger partial charge < -0.3 is 5.11 Å². The van der Waals surface area contributed by atoms with Crippen LogP contribution >= 0.6 is 39.1 Å². The molecule has 4 nitrogen and oxygen atoms in total. The molecule has 0 unspecified atom stereocenters. The second-order valence-electron chi connectivity index (χ2n) is 6.50. The quantitative estimate of drug-likeness (QED) is 0.336. The summed E-state index contributed by atoms with van der Waals surface area (Å²) in [7, 11) is -4.20. The highest BCUT2D eigenvalue weighted by Gasteiger charge is 2.29. The molecule has 0 aliphatic carbocycles. The molecule has 0 bridgehead atoms. The van der Waals surface area contributed by atoms with Gasteiger partial charge >= 0.3 is 0 Å². The van der Waals surface area contributed by atoms with E-state index >= 15 is 0 Å². The third-order valence-electron chi connectivity index (χ3n) is 4.70. The summed E-state index contributed by atoms with van der Waals surface area (Å²) in [5.74, 6) is -0.498. The fourth-order valence-electron chi connectivity index (χ4n) is 3.40. The zero-order valence-corrected chi connectivity index (χ0v) is 18.9. The molecule has 0 radical (unpaired) electrons.